The third-order valence-electron chi connectivity index (χ3n) is 8.73. The van der Waals surface area contributed by atoms with Crippen LogP contribution in [0.25, 0.3) is 10.8 Å². The molecule has 0 bridgehead atoms. The molecule has 4 aromatic rings. The third-order valence-corrected chi connectivity index (χ3v) is 8.73. The lowest BCUT2D eigenvalue weighted by Gasteiger charge is -2.46. The van der Waals surface area contributed by atoms with Gasteiger partial charge in [0.15, 0.2) is 0 Å². The normalized spacial score (nSPS) is 17.6. The molecule has 2 atom stereocenters. The van der Waals surface area contributed by atoms with Crippen LogP contribution in [-0.4, -0.2) is 76.6 Å². The molecule has 0 spiro atoms. The summed E-state index contributed by atoms with van der Waals surface area (Å²) in [5.41, 5.74) is 3.39. The molecule has 0 saturated carbocycles. The lowest BCUT2D eigenvalue weighted by Crippen LogP contribution is -2.66. The highest BCUT2D eigenvalue weighted by Crippen LogP contribution is 2.31. The van der Waals surface area contributed by atoms with Gasteiger partial charge in [0.2, 0.25) is 11.8 Å². The molecule has 4 aromatic carbocycles. The average molecular weight is 627 g/mol. The molecule has 0 radical (unpaired) electrons. The van der Waals surface area contributed by atoms with Crippen LogP contribution < -0.4 is 10.1 Å². The molecule has 0 unspecified atom stereocenters. The molecule has 2 aliphatic rings. The first-order valence-corrected chi connectivity index (χ1v) is 15.3. The number of fused-ring (bicyclic) bond motifs is 2. The van der Waals surface area contributed by atoms with Crippen LogP contribution in [-0.2, 0) is 29.1 Å². The number of hydrazine groups is 1. The molecule has 10 nitrogen and oxygen atoms in total. The number of carbonyl (C=O) groups excluding carboxylic acids is 3. The Bertz CT molecular complexity index is 1870. The van der Waals surface area contributed by atoms with Crippen molar-refractivity contribution in [1.29, 1.82) is 5.26 Å². The summed E-state index contributed by atoms with van der Waals surface area (Å²) >= 11 is 0. The summed E-state index contributed by atoms with van der Waals surface area (Å²) in [6.45, 7) is 0.268. The van der Waals surface area contributed by atoms with Gasteiger partial charge < -0.3 is 19.9 Å². The van der Waals surface area contributed by atoms with Crippen LogP contribution in [0.1, 0.15) is 22.3 Å². The number of nitrogens with zero attached hydrogens (tertiary/aromatic N) is 5. The van der Waals surface area contributed by atoms with Gasteiger partial charge in [0.1, 0.15) is 24.5 Å². The van der Waals surface area contributed by atoms with E-state index in [1.54, 1.807) is 34.1 Å². The van der Waals surface area contributed by atoms with Gasteiger partial charge in [-0.3, -0.25) is 9.59 Å². The van der Waals surface area contributed by atoms with Crippen LogP contribution in [0.15, 0.2) is 91.0 Å². The number of methoxy groups -OCH3 is 1. The number of benzene rings is 4. The van der Waals surface area contributed by atoms with Crippen molar-refractivity contribution in [1.82, 2.24) is 25.1 Å². The molecule has 2 saturated heterocycles. The summed E-state index contributed by atoms with van der Waals surface area (Å²) in [7, 11) is 1.58. The zero-order valence-corrected chi connectivity index (χ0v) is 26.0. The molecule has 0 aromatic heterocycles. The van der Waals surface area contributed by atoms with Gasteiger partial charge in [-0.25, -0.2) is 9.80 Å². The molecule has 6 rings (SSSR count). The van der Waals surface area contributed by atoms with Crippen molar-refractivity contribution in [2.45, 2.75) is 31.7 Å². The lowest BCUT2D eigenvalue weighted by atomic mass is 9.98. The maximum Gasteiger partial charge on any atom is 0.333 e. The molecule has 2 fully saturated rings. The number of terminal acetylenes is 1. The second kappa shape index (κ2) is 13.7. The second-order valence-electron chi connectivity index (χ2n) is 11.5. The maximum absolute atomic E-state index is 14.2. The number of urea groups is 1. The highest BCUT2D eigenvalue weighted by molar-refractivity contribution is 5.92. The molecule has 47 heavy (non-hydrogen) atoms. The van der Waals surface area contributed by atoms with E-state index >= 15 is 0 Å². The fourth-order valence-electron chi connectivity index (χ4n) is 6.35. The Labute approximate surface area is 273 Å². The Hall–Kier alpha value is -5.84. The standard InChI is InChI=1S/C37H34N6O4/c1-3-26-11-13-27(14-12-26)21-33-36(45)40(23-30-9-6-8-29-7-4-5-10-32(29)30)24-34-42(25-35(44)43(33)34)41(20-19-38)37(46)39-22-28-15-17-31(47-2)18-16-28/h1,4-18,33-34H,20-25H2,2H3,(H,39,46)/t33-,34+/m0/s1. The quantitative estimate of drug-likeness (QED) is 0.223. The fourth-order valence-corrected chi connectivity index (χ4v) is 6.35. The smallest absolute Gasteiger partial charge is 0.333 e. The number of piperazine rings is 1. The number of ether oxygens (including phenoxy) is 1. The van der Waals surface area contributed by atoms with Gasteiger partial charge in [-0.05, 0) is 51.7 Å². The van der Waals surface area contributed by atoms with Crippen molar-refractivity contribution in [2.75, 3.05) is 26.7 Å². The molecular weight excluding hydrogens is 592 g/mol. The minimum atomic E-state index is -0.816. The summed E-state index contributed by atoms with van der Waals surface area (Å²) in [5.74, 6) is 2.83. The van der Waals surface area contributed by atoms with Crippen LogP contribution in [0.5, 0.6) is 5.75 Å². The van der Waals surface area contributed by atoms with E-state index in [2.05, 4.69) is 17.3 Å². The van der Waals surface area contributed by atoms with E-state index in [4.69, 9.17) is 11.2 Å². The predicted molar refractivity (Wildman–Crippen MR) is 176 cm³/mol. The van der Waals surface area contributed by atoms with Gasteiger partial charge in [-0.1, -0.05) is 72.7 Å². The SMILES string of the molecule is C#Cc1ccc(C[C@H]2C(=O)N(Cc3cccc4ccccc34)C[C@H]3N2C(=O)CN3N(CC#N)C(=O)NCc2ccc(OC)cc2)cc1. The molecule has 2 heterocycles. The van der Waals surface area contributed by atoms with Gasteiger partial charge in [0.25, 0.3) is 0 Å². The number of hydrogen-bond donors (Lipinski definition) is 1. The van der Waals surface area contributed by atoms with Crippen LogP contribution >= 0.6 is 0 Å². The van der Waals surface area contributed by atoms with Crippen LogP contribution in [0, 0.1) is 23.7 Å². The third kappa shape index (κ3) is 6.46. The van der Waals surface area contributed by atoms with E-state index in [1.807, 2.05) is 78.9 Å². The van der Waals surface area contributed by atoms with Crippen LogP contribution in [0.3, 0.4) is 0 Å². The highest BCUT2D eigenvalue weighted by Gasteiger charge is 2.52. The van der Waals surface area contributed by atoms with Crippen molar-refractivity contribution in [2.24, 2.45) is 0 Å². The van der Waals surface area contributed by atoms with Crippen molar-refractivity contribution in [3.63, 3.8) is 0 Å². The monoisotopic (exact) mass is 626 g/mol. The Kier molecular flexibility index (Phi) is 9.05. The van der Waals surface area contributed by atoms with Gasteiger partial charge in [0, 0.05) is 25.1 Å². The molecular formula is C37H34N6O4. The summed E-state index contributed by atoms with van der Waals surface area (Å²) in [6.07, 6.45) is 5.16. The van der Waals surface area contributed by atoms with Crippen LogP contribution in [0.4, 0.5) is 4.79 Å². The summed E-state index contributed by atoms with van der Waals surface area (Å²) < 4.78 is 5.21. The molecule has 0 aliphatic carbocycles. The maximum atomic E-state index is 14.2. The Balaban J connectivity index is 1.30. The van der Waals surface area contributed by atoms with Gasteiger partial charge in [-0.2, -0.15) is 10.3 Å². The van der Waals surface area contributed by atoms with E-state index in [9.17, 15) is 19.6 Å². The topological polar surface area (TPSA) is 109 Å². The first-order chi connectivity index (χ1) is 22.9. The Morgan fingerprint density at radius 2 is 1.72 bits per heavy atom. The van der Waals surface area contributed by atoms with Crippen LogP contribution in [0.2, 0.25) is 0 Å². The lowest BCUT2D eigenvalue weighted by molar-refractivity contribution is -0.157. The number of rotatable bonds is 9. The van der Waals surface area contributed by atoms with Gasteiger partial charge in [-0.15, -0.1) is 6.42 Å². The first kappa shape index (κ1) is 31.2. The first-order valence-electron chi connectivity index (χ1n) is 15.3. The molecule has 4 amide bonds. The minimum absolute atomic E-state index is 0.149. The van der Waals surface area contributed by atoms with Crippen molar-refractivity contribution in [3.05, 3.63) is 113 Å². The molecule has 1 N–H and O–H groups in total. The van der Waals surface area contributed by atoms with E-state index in [0.717, 1.165) is 33.0 Å². The highest BCUT2D eigenvalue weighted by atomic mass is 16.5. The van der Waals surface area contributed by atoms with Gasteiger partial charge >= 0.3 is 6.03 Å². The Morgan fingerprint density at radius 1 is 1.00 bits per heavy atom. The number of nitrogens with one attached hydrogen (secondary N) is 1. The van der Waals surface area contributed by atoms with Crippen molar-refractivity contribution >= 4 is 28.6 Å². The van der Waals surface area contributed by atoms with Crippen molar-refractivity contribution < 1.29 is 19.1 Å². The average Bonchev–Trinajstić information content (AvgIpc) is 3.43. The number of hydrogen-bond acceptors (Lipinski definition) is 6. The van der Waals surface area contributed by atoms with E-state index in [0.29, 0.717) is 12.3 Å². The van der Waals surface area contributed by atoms with Gasteiger partial charge in [0.05, 0.1) is 26.3 Å². The zero-order chi connectivity index (χ0) is 32.9. The Morgan fingerprint density at radius 3 is 2.45 bits per heavy atom. The molecule has 236 valence electrons. The summed E-state index contributed by atoms with van der Waals surface area (Å²) in [6, 6.07) is 29.4. The largest absolute Gasteiger partial charge is 0.497 e. The van der Waals surface area contributed by atoms with E-state index in [1.165, 1.54) is 5.01 Å². The van der Waals surface area contributed by atoms with E-state index in [-0.39, 0.29) is 44.4 Å². The van der Waals surface area contributed by atoms with Crippen molar-refractivity contribution in [3.8, 4) is 24.2 Å². The summed E-state index contributed by atoms with van der Waals surface area (Å²) in [5, 5.41) is 17.6. The molecule has 2 aliphatic heterocycles. The second-order valence-corrected chi connectivity index (χ2v) is 11.5. The predicted octanol–water partition coefficient (Wildman–Crippen LogP) is 3.90. The zero-order valence-electron chi connectivity index (χ0n) is 26.0. The number of carbonyl (C=O) groups is 3. The van der Waals surface area contributed by atoms with E-state index < -0.39 is 18.2 Å². The fraction of sp³-hybridized carbons (Fsp3) is 0.243. The summed E-state index contributed by atoms with van der Waals surface area (Å²) in [4.78, 5) is 44.9. The minimum Gasteiger partial charge on any atom is -0.497 e. The molecule has 10 heteroatoms. The number of amides is 4. The number of nitriles is 1.